The van der Waals surface area contributed by atoms with E-state index in [4.69, 9.17) is 0 Å². The minimum atomic E-state index is 1.01. The summed E-state index contributed by atoms with van der Waals surface area (Å²) in [4.78, 5) is 0. The van der Waals surface area contributed by atoms with Gasteiger partial charge in [0, 0.05) is 4.48 Å². The maximum absolute atomic E-state index is 3.64. The van der Waals surface area contributed by atoms with Gasteiger partial charge < -0.3 is 0 Å². The van der Waals surface area contributed by atoms with Crippen LogP contribution in [-0.4, -0.2) is 0 Å². The van der Waals surface area contributed by atoms with Crippen molar-refractivity contribution in [2.75, 3.05) is 0 Å². The molecule has 0 saturated heterocycles. The smallest absolute Gasteiger partial charge is 0.0282 e. The third-order valence-electron chi connectivity index (χ3n) is 2.19. The fourth-order valence-electron chi connectivity index (χ4n) is 1.45. The van der Waals surface area contributed by atoms with E-state index in [0.29, 0.717) is 0 Å². The van der Waals surface area contributed by atoms with Crippen molar-refractivity contribution >= 4 is 20.4 Å². The summed E-state index contributed by atoms with van der Waals surface area (Å²) < 4.78 is 1.19. The first-order chi connectivity index (χ1) is 6.88. The van der Waals surface area contributed by atoms with Crippen molar-refractivity contribution in [2.45, 2.75) is 6.42 Å². The number of halogens is 1. The molecule has 0 saturated carbocycles. The Kier molecular flexibility index (Phi) is 3.00. The van der Waals surface area contributed by atoms with E-state index >= 15 is 0 Å². The molecule has 1 heteroatoms. The van der Waals surface area contributed by atoms with Gasteiger partial charge in [-0.2, -0.15) is 0 Å². The average molecular weight is 247 g/mol. The van der Waals surface area contributed by atoms with E-state index < -0.39 is 0 Å². The van der Waals surface area contributed by atoms with E-state index in [1.165, 1.54) is 15.6 Å². The molecular formula is C13H11Br. The highest BCUT2D eigenvalue weighted by Crippen LogP contribution is 2.28. The molecule has 2 rings (SSSR count). The predicted molar refractivity (Wildman–Crippen MR) is 65.2 cm³/mol. The lowest BCUT2D eigenvalue weighted by Gasteiger charge is -2.07. The third-order valence-corrected chi connectivity index (χ3v) is 3.16. The van der Waals surface area contributed by atoms with E-state index in [1.54, 1.807) is 0 Å². The van der Waals surface area contributed by atoms with Gasteiger partial charge in [-0.3, -0.25) is 0 Å². The molecule has 1 aromatic rings. The summed E-state index contributed by atoms with van der Waals surface area (Å²) >= 11 is 3.64. The molecule has 0 bridgehead atoms. The van der Waals surface area contributed by atoms with Gasteiger partial charge >= 0.3 is 0 Å². The van der Waals surface area contributed by atoms with E-state index in [-0.39, 0.29) is 0 Å². The van der Waals surface area contributed by atoms with Gasteiger partial charge in [-0.1, -0.05) is 54.6 Å². The molecule has 0 unspecified atom stereocenters. The van der Waals surface area contributed by atoms with E-state index in [1.807, 2.05) is 6.07 Å². The van der Waals surface area contributed by atoms with Crippen LogP contribution < -0.4 is 0 Å². The fraction of sp³-hybridized carbons (Fsp3) is 0.0769. The van der Waals surface area contributed by atoms with Crippen LogP contribution in [0.1, 0.15) is 12.0 Å². The van der Waals surface area contributed by atoms with E-state index in [2.05, 4.69) is 64.5 Å². The number of hydrogen-bond donors (Lipinski definition) is 0. The lowest BCUT2D eigenvalue weighted by molar-refractivity contribution is 1.28. The van der Waals surface area contributed by atoms with Crippen LogP contribution in [0.25, 0.3) is 4.48 Å². The molecule has 0 amide bonds. The van der Waals surface area contributed by atoms with Crippen molar-refractivity contribution in [2.24, 2.45) is 0 Å². The largest absolute Gasteiger partial charge is 0.0801 e. The zero-order valence-electron chi connectivity index (χ0n) is 7.78. The number of allylic oxidation sites excluding steroid dienone is 5. The van der Waals surface area contributed by atoms with Crippen LogP contribution in [0.2, 0.25) is 0 Å². The van der Waals surface area contributed by atoms with Crippen LogP contribution in [-0.2, 0) is 0 Å². The molecular weight excluding hydrogens is 236 g/mol. The van der Waals surface area contributed by atoms with E-state index in [0.717, 1.165) is 6.42 Å². The first kappa shape index (κ1) is 9.47. The van der Waals surface area contributed by atoms with Crippen LogP contribution in [0, 0.1) is 0 Å². The van der Waals surface area contributed by atoms with Crippen molar-refractivity contribution in [3.8, 4) is 0 Å². The van der Waals surface area contributed by atoms with Crippen molar-refractivity contribution in [1.29, 1.82) is 0 Å². The van der Waals surface area contributed by atoms with Gasteiger partial charge in [0.05, 0.1) is 0 Å². The van der Waals surface area contributed by atoms with Crippen LogP contribution in [0.15, 0.2) is 60.2 Å². The summed E-state index contributed by atoms with van der Waals surface area (Å²) in [5.41, 5.74) is 2.57. The fourth-order valence-corrected chi connectivity index (χ4v) is 2.00. The minimum Gasteiger partial charge on any atom is -0.0801 e. The van der Waals surface area contributed by atoms with Gasteiger partial charge in [-0.25, -0.2) is 0 Å². The molecule has 0 aromatic heterocycles. The number of benzene rings is 1. The van der Waals surface area contributed by atoms with Crippen LogP contribution in [0.4, 0.5) is 0 Å². The molecule has 1 aliphatic rings. The molecule has 0 fully saturated rings. The quantitative estimate of drug-likeness (QED) is 0.693. The highest BCUT2D eigenvalue weighted by molar-refractivity contribution is 9.15. The summed E-state index contributed by atoms with van der Waals surface area (Å²) in [6.07, 6.45) is 9.47. The second-order valence-corrected chi connectivity index (χ2v) is 3.99. The molecule has 0 aliphatic heterocycles. The summed E-state index contributed by atoms with van der Waals surface area (Å²) in [7, 11) is 0. The Morgan fingerprint density at radius 3 is 2.50 bits per heavy atom. The average Bonchev–Trinajstić information content (AvgIpc) is 2.30. The summed E-state index contributed by atoms with van der Waals surface area (Å²) in [5, 5.41) is 0. The Morgan fingerprint density at radius 1 is 1.07 bits per heavy atom. The first-order valence-corrected chi connectivity index (χ1v) is 5.44. The molecule has 0 radical (unpaired) electrons. The van der Waals surface area contributed by atoms with Gasteiger partial charge in [-0.15, -0.1) is 0 Å². The van der Waals surface area contributed by atoms with Crippen LogP contribution in [0.5, 0.6) is 0 Å². The topological polar surface area (TPSA) is 0 Å². The molecule has 0 nitrogen and oxygen atoms in total. The Labute approximate surface area is 92.8 Å². The monoisotopic (exact) mass is 246 g/mol. The second kappa shape index (κ2) is 4.43. The molecule has 1 aromatic carbocycles. The van der Waals surface area contributed by atoms with Gasteiger partial charge in [0.2, 0.25) is 0 Å². The highest BCUT2D eigenvalue weighted by atomic mass is 79.9. The van der Waals surface area contributed by atoms with Crippen molar-refractivity contribution in [1.82, 2.24) is 0 Å². The lowest BCUT2D eigenvalue weighted by Crippen LogP contribution is -1.85. The van der Waals surface area contributed by atoms with Gasteiger partial charge in [-0.05, 0) is 33.5 Å². The predicted octanol–water partition coefficient (Wildman–Crippen LogP) is 4.31. The van der Waals surface area contributed by atoms with Crippen molar-refractivity contribution in [3.05, 3.63) is 65.8 Å². The van der Waals surface area contributed by atoms with Gasteiger partial charge in [0.15, 0.2) is 0 Å². The Bertz CT molecular complexity index is 397. The Morgan fingerprint density at radius 2 is 1.86 bits per heavy atom. The molecule has 14 heavy (non-hydrogen) atoms. The summed E-state index contributed by atoms with van der Waals surface area (Å²) in [5.74, 6) is 0. The number of rotatable bonds is 1. The van der Waals surface area contributed by atoms with Gasteiger partial charge in [0.25, 0.3) is 0 Å². The van der Waals surface area contributed by atoms with Crippen molar-refractivity contribution in [3.63, 3.8) is 0 Å². The highest BCUT2D eigenvalue weighted by Gasteiger charge is 2.03. The zero-order valence-corrected chi connectivity index (χ0v) is 9.37. The van der Waals surface area contributed by atoms with Crippen LogP contribution >= 0.6 is 15.9 Å². The SMILES string of the molecule is Br/C(=C1\C=CC=CC1)c1ccccc1. The summed E-state index contributed by atoms with van der Waals surface area (Å²) in [6, 6.07) is 10.4. The maximum atomic E-state index is 3.64. The second-order valence-electron chi connectivity index (χ2n) is 3.20. The molecule has 0 atom stereocenters. The standard InChI is InChI=1S/C13H11Br/c14-13(11-7-3-1-4-8-11)12-9-5-2-6-10-12/h1-9H,10H2/b13-12+. The zero-order chi connectivity index (χ0) is 9.80. The molecule has 0 spiro atoms. The first-order valence-electron chi connectivity index (χ1n) is 4.65. The minimum absolute atomic E-state index is 1.01. The van der Waals surface area contributed by atoms with Crippen LogP contribution in [0.3, 0.4) is 0 Å². The Hall–Kier alpha value is -1.08. The molecule has 1 aliphatic carbocycles. The van der Waals surface area contributed by atoms with E-state index in [9.17, 15) is 0 Å². The summed E-state index contributed by atoms with van der Waals surface area (Å²) in [6.45, 7) is 0. The molecule has 0 heterocycles. The number of hydrogen-bond acceptors (Lipinski definition) is 0. The third kappa shape index (κ3) is 2.05. The normalized spacial score (nSPS) is 18.4. The molecule has 70 valence electrons. The van der Waals surface area contributed by atoms with Crippen molar-refractivity contribution < 1.29 is 0 Å². The Balaban J connectivity index is 2.36. The van der Waals surface area contributed by atoms with Gasteiger partial charge in [0.1, 0.15) is 0 Å². The maximum Gasteiger partial charge on any atom is 0.0282 e. The lowest BCUT2D eigenvalue weighted by atomic mass is 10.0. The molecule has 0 N–H and O–H groups in total.